The van der Waals surface area contributed by atoms with Crippen LogP contribution in [0.3, 0.4) is 0 Å². The summed E-state index contributed by atoms with van der Waals surface area (Å²) in [7, 11) is 0. The van der Waals surface area contributed by atoms with Crippen LogP contribution in [0.15, 0.2) is 132 Å². The van der Waals surface area contributed by atoms with Crippen LogP contribution in [0.5, 0.6) is 0 Å². The van der Waals surface area contributed by atoms with Crippen molar-refractivity contribution < 1.29 is 0 Å². The van der Waals surface area contributed by atoms with Crippen LogP contribution in [0.4, 0.5) is 0 Å². The van der Waals surface area contributed by atoms with Crippen molar-refractivity contribution >= 4 is 11.8 Å². The molecule has 2 N–H and O–H groups in total. The molecule has 1 heterocycles. The summed E-state index contributed by atoms with van der Waals surface area (Å²) in [5.41, 5.74) is 15.7. The molecule has 1 atom stereocenters. The lowest BCUT2D eigenvalue weighted by atomic mass is 9.68. The fraction of sp³-hybridized carbons (Fsp3) is 0.0938. The minimum Gasteiger partial charge on any atom is -0.398 e. The highest BCUT2D eigenvalue weighted by Gasteiger charge is 2.46. The number of benzene rings is 3. The average Bonchev–Trinajstić information content (AvgIpc) is 3.05. The van der Waals surface area contributed by atoms with Gasteiger partial charge >= 0.3 is 0 Å². The molecule has 0 amide bonds. The zero-order valence-electron chi connectivity index (χ0n) is 19.4. The molecule has 0 fully saturated rings. The molecule has 35 heavy (non-hydrogen) atoms. The Hall–Kier alpha value is -3.82. The first-order chi connectivity index (χ1) is 17.3. The maximum Gasteiger partial charge on any atom is 0.0728 e. The predicted octanol–water partition coefficient (Wildman–Crippen LogP) is 7.36. The number of allylic oxidation sites excluding steroid dienone is 5. The van der Waals surface area contributed by atoms with E-state index in [4.69, 9.17) is 5.73 Å². The number of pyridine rings is 1. The van der Waals surface area contributed by atoms with Crippen LogP contribution in [0.2, 0.25) is 0 Å². The Balaban J connectivity index is 1.53. The van der Waals surface area contributed by atoms with Crippen molar-refractivity contribution in [3.05, 3.63) is 160 Å². The normalized spacial score (nSPS) is 18.3. The fourth-order valence-electron chi connectivity index (χ4n) is 5.41. The van der Waals surface area contributed by atoms with Crippen LogP contribution in [0.25, 0.3) is 11.1 Å². The largest absolute Gasteiger partial charge is 0.398 e. The van der Waals surface area contributed by atoms with Gasteiger partial charge in [-0.15, -0.1) is 11.8 Å². The lowest BCUT2D eigenvalue weighted by Gasteiger charge is -2.33. The molecule has 4 aromatic rings. The molecule has 3 heteroatoms. The van der Waals surface area contributed by atoms with Crippen molar-refractivity contribution in [3.8, 4) is 11.1 Å². The Bertz CT molecular complexity index is 1430. The predicted molar refractivity (Wildman–Crippen MR) is 147 cm³/mol. The Morgan fingerprint density at radius 1 is 0.800 bits per heavy atom. The van der Waals surface area contributed by atoms with Crippen LogP contribution in [-0.2, 0) is 11.2 Å². The van der Waals surface area contributed by atoms with Crippen molar-refractivity contribution in [1.29, 1.82) is 0 Å². The van der Waals surface area contributed by atoms with Gasteiger partial charge < -0.3 is 5.73 Å². The third-order valence-electron chi connectivity index (χ3n) is 6.97. The molecule has 0 saturated carbocycles. The smallest absolute Gasteiger partial charge is 0.0728 e. The summed E-state index contributed by atoms with van der Waals surface area (Å²) in [5.74, 6) is 0.874. The first-order valence-corrected chi connectivity index (χ1v) is 12.9. The topological polar surface area (TPSA) is 38.9 Å². The number of hydrogen-bond donors (Lipinski definition) is 1. The highest BCUT2D eigenvalue weighted by Crippen LogP contribution is 2.56. The van der Waals surface area contributed by atoms with Gasteiger partial charge in [0.2, 0.25) is 0 Å². The number of aromatic nitrogens is 1. The molecule has 0 radical (unpaired) electrons. The molecule has 2 nitrogen and oxygen atoms in total. The molecule has 2 aliphatic carbocycles. The van der Waals surface area contributed by atoms with E-state index in [1.54, 1.807) is 0 Å². The summed E-state index contributed by atoms with van der Waals surface area (Å²) >= 11 is 1.83. The molecule has 0 spiro atoms. The molecule has 170 valence electrons. The summed E-state index contributed by atoms with van der Waals surface area (Å²) < 4.78 is 0. The van der Waals surface area contributed by atoms with Crippen molar-refractivity contribution in [3.63, 3.8) is 0 Å². The molecular weight excluding hydrogens is 444 g/mol. The Morgan fingerprint density at radius 2 is 1.60 bits per heavy atom. The first-order valence-electron chi connectivity index (χ1n) is 11.9. The van der Waals surface area contributed by atoms with E-state index in [1.807, 2.05) is 42.4 Å². The summed E-state index contributed by atoms with van der Waals surface area (Å²) in [4.78, 5) is 5.77. The second-order valence-corrected chi connectivity index (χ2v) is 10.0. The van der Waals surface area contributed by atoms with Crippen molar-refractivity contribution in [1.82, 2.24) is 4.98 Å². The third-order valence-corrected chi connectivity index (χ3v) is 8.20. The van der Waals surface area contributed by atoms with E-state index in [2.05, 4.69) is 96.0 Å². The summed E-state index contributed by atoms with van der Waals surface area (Å²) in [6.45, 7) is 0. The maximum absolute atomic E-state index is 6.31. The summed E-state index contributed by atoms with van der Waals surface area (Å²) in [6, 6.07) is 30.9. The van der Waals surface area contributed by atoms with Crippen LogP contribution in [0, 0.1) is 0 Å². The lowest BCUT2D eigenvalue weighted by Crippen LogP contribution is -2.28. The van der Waals surface area contributed by atoms with E-state index < -0.39 is 5.41 Å². The van der Waals surface area contributed by atoms with E-state index in [-0.39, 0.29) is 0 Å². The highest BCUT2D eigenvalue weighted by atomic mass is 32.2. The number of fused-ring (bicyclic) bond motifs is 3. The van der Waals surface area contributed by atoms with Crippen molar-refractivity contribution in [2.24, 2.45) is 5.73 Å². The SMILES string of the molecule is NC1=C(SCc2ccc3c(c2)C(c2ccccc2)(c2cccnc2)c2ccccc2-3)CC=CC=C1. The van der Waals surface area contributed by atoms with Crippen LogP contribution in [-0.4, -0.2) is 4.98 Å². The number of nitrogens with two attached hydrogens (primary N) is 1. The van der Waals surface area contributed by atoms with E-state index in [0.29, 0.717) is 0 Å². The molecule has 0 aliphatic heterocycles. The van der Waals surface area contributed by atoms with Gasteiger partial charge in [-0.3, -0.25) is 4.98 Å². The number of nitrogens with zero attached hydrogens (tertiary/aromatic N) is 1. The standard InChI is InChI=1S/C32H26N2S/c33-30-15-5-2-6-16-31(30)35-22-23-17-18-27-26-13-7-8-14-28(26)32(29(27)20-23,24-10-3-1-4-11-24)25-12-9-19-34-21-25/h1-15,17-21H,16,22,33H2. The zero-order chi connectivity index (χ0) is 23.7. The van der Waals surface area contributed by atoms with E-state index in [0.717, 1.165) is 17.9 Å². The Morgan fingerprint density at radius 3 is 2.46 bits per heavy atom. The molecule has 2 aliphatic rings. The zero-order valence-corrected chi connectivity index (χ0v) is 20.2. The molecular formula is C32H26N2S. The Kier molecular flexibility index (Phi) is 5.63. The molecule has 6 rings (SSSR count). The van der Waals surface area contributed by atoms with Crippen molar-refractivity contribution in [2.75, 3.05) is 0 Å². The van der Waals surface area contributed by atoms with Crippen LogP contribution >= 0.6 is 11.8 Å². The average molecular weight is 471 g/mol. The quantitative estimate of drug-likeness (QED) is 0.292. The van der Waals surface area contributed by atoms with Gasteiger partial charge in [0.1, 0.15) is 0 Å². The van der Waals surface area contributed by atoms with Gasteiger partial charge in [0.15, 0.2) is 0 Å². The third kappa shape index (κ3) is 3.64. The molecule has 1 unspecified atom stereocenters. The van der Waals surface area contributed by atoms with Gasteiger partial charge in [0, 0.05) is 28.7 Å². The molecule has 0 saturated heterocycles. The second kappa shape index (κ2) is 9.09. The van der Waals surface area contributed by atoms with Gasteiger partial charge in [-0.2, -0.15) is 0 Å². The maximum atomic E-state index is 6.31. The van der Waals surface area contributed by atoms with Crippen LogP contribution in [0.1, 0.15) is 34.2 Å². The first kappa shape index (κ1) is 21.7. The van der Waals surface area contributed by atoms with Gasteiger partial charge in [0.05, 0.1) is 5.41 Å². The van der Waals surface area contributed by atoms with Crippen molar-refractivity contribution in [2.45, 2.75) is 17.6 Å². The monoisotopic (exact) mass is 470 g/mol. The molecule has 3 aromatic carbocycles. The lowest BCUT2D eigenvalue weighted by molar-refractivity contribution is 0.762. The number of rotatable bonds is 5. The van der Waals surface area contributed by atoms with E-state index in [1.165, 1.54) is 43.8 Å². The van der Waals surface area contributed by atoms with E-state index in [9.17, 15) is 0 Å². The molecule has 1 aromatic heterocycles. The van der Waals surface area contributed by atoms with Gasteiger partial charge in [0.25, 0.3) is 0 Å². The highest BCUT2D eigenvalue weighted by molar-refractivity contribution is 8.02. The van der Waals surface area contributed by atoms with Gasteiger partial charge in [-0.05, 0) is 57.5 Å². The summed E-state index contributed by atoms with van der Waals surface area (Å²) in [6.07, 6.45) is 13.0. The fourth-order valence-corrected chi connectivity index (χ4v) is 6.38. The Labute approximate surface area is 210 Å². The minimum absolute atomic E-state index is 0.409. The minimum atomic E-state index is -0.409. The van der Waals surface area contributed by atoms with E-state index >= 15 is 0 Å². The second-order valence-electron chi connectivity index (χ2n) is 8.94. The van der Waals surface area contributed by atoms with Gasteiger partial charge in [-0.1, -0.05) is 97.1 Å². The number of hydrogen-bond acceptors (Lipinski definition) is 3. The molecule has 0 bridgehead atoms. The van der Waals surface area contributed by atoms with Gasteiger partial charge in [-0.25, -0.2) is 0 Å². The summed E-state index contributed by atoms with van der Waals surface area (Å²) in [5, 5.41) is 0. The number of thioether (sulfide) groups is 1. The van der Waals surface area contributed by atoms with Crippen LogP contribution < -0.4 is 5.73 Å².